The van der Waals surface area contributed by atoms with Crippen LogP contribution in [-0.2, 0) is 0 Å². The Labute approximate surface area is 163 Å². The van der Waals surface area contributed by atoms with E-state index in [9.17, 15) is 5.11 Å². The number of anilines is 1. The zero-order valence-electron chi connectivity index (χ0n) is 15.8. The molecule has 1 unspecified atom stereocenters. The molecule has 0 bridgehead atoms. The Hall–Kier alpha value is -3.60. The number of pyridine rings is 2. The van der Waals surface area contributed by atoms with Crippen molar-refractivity contribution >= 4 is 16.6 Å². The first-order valence-corrected chi connectivity index (χ1v) is 9.05. The number of benzene rings is 2. The molecule has 0 saturated heterocycles. The van der Waals surface area contributed by atoms with Crippen LogP contribution in [0.2, 0.25) is 0 Å². The average molecular weight is 371 g/mol. The van der Waals surface area contributed by atoms with E-state index in [2.05, 4.69) is 15.3 Å². The van der Waals surface area contributed by atoms with Crippen LogP contribution in [-0.4, -0.2) is 22.2 Å². The van der Waals surface area contributed by atoms with Gasteiger partial charge in [0.15, 0.2) is 0 Å². The van der Waals surface area contributed by atoms with Gasteiger partial charge in [0.2, 0.25) is 0 Å². The number of hydrogen-bond acceptors (Lipinski definition) is 5. The van der Waals surface area contributed by atoms with E-state index < -0.39 is 0 Å². The number of phenolic OH excluding ortho intramolecular Hbond substituents is 1. The van der Waals surface area contributed by atoms with Gasteiger partial charge in [-0.05, 0) is 48.4 Å². The summed E-state index contributed by atoms with van der Waals surface area (Å²) in [6.45, 7) is 2.03. The number of fused-ring (bicyclic) bond motifs is 1. The minimum absolute atomic E-state index is 0.166. The summed E-state index contributed by atoms with van der Waals surface area (Å²) in [5, 5.41) is 15.4. The molecule has 0 radical (unpaired) electrons. The molecule has 28 heavy (non-hydrogen) atoms. The molecule has 0 aliphatic heterocycles. The Bertz CT molecular complexity index is 1110. The standard InChI is InChI=1S/C23H21N3O2/c1-15-5-8-20(28-2)19(14-15)26-21(17-9-12-24-13-10-17)18-7-6-16-4-3-11-25-22(16)23(18)27/h3-14,21,26-27H,1-2H3. The Morgan fingerprint density at radius 2 is 1.82 bits per heavy atom. The van der Waals surface area contributed by atoms with Crippen LogP contribution in [0.3, 0.4) is 0 Å². The van der Waals surface area contributed by atoms with E-state index in [0.29, 0.717) is 5.52 Å². The van der Waals surface area contributed by atoms with Crippen LogP contribution < -0.4 is 10.1 Å². The topological polar surface area (TPSA) is 67.3 Å². The molecule has 1 atom stereocenters. The van der Waals surface area contributed by atoms with Gasteiger partial charge in [-0.1, -0.05) is 24.3 Å². The van der Waals surface area contributed by atoms with Gasteiger partial charge in [-0.25, -0.2) is 0 Å². The first-order valence-electron chi connectivity index (χ1n) is 9.05. The number of phenols is 1. The Morgan fingerprint density at radius 3 is 2.61 bits per heavy atom. The summed E-state index contributed by atoms with van der Waals surface area (Å²) >= 11 is 0. The Morgan fingerprint density at radius 1 is 1.00 bits per heavy atom. The van der Waals surface area contributed by atoms with Crippen LogP contribution in [0.1, 0.15) is 22.7 Å². The van der Waals surface area contributed by atoms with Crippen LogP contribution in [0.4, 0.5) is 5.69 Å². The fraction of sp³-hybridized carbons (Fsp3) is 0.130. The second kappa shape index (κ2) is 7.56. The predicted molar refractivity (Wildman–Crippen MR) is 111 cm³/mol. The molecular formula is C23H21N3O2. The van der Waals surface area contributed by atoms with Crippen molar-refractivity contribution in [1.29, 1.82) is 0 Å². The van der Waals surface area contributed by atoms with E-state index in [-0.39, 0.29) is 11.8 Å². The van der Waals surface area contributed by atoms with Crippen molar-refractivity contribution in [2.45, 2.75) is 13.0 Å². The average Bonchev–Trinajstić information content (AvgIpc) is 2.74. The van der Waals surface area contributed by atoms with Crippen LogP contribution in [0.5, 0.6) is 11.5 Å². The summed E-state index contributed by atoms with van der Waals surface area (Å²) in [6, 6.07) is 17.2. The molecule has 0 aliphatic rings. The third-order valence-corrected chi connectivity index (χ3v) is 4.78. The van der Waals surface area contributed by atoms with Gasteiger partial charge in [-0.15, -0.1) is 0 Å². The molecule has 0 saturated carbocycles. The number of ether oxygens (including phenoxy) is 1. The lowest BCUT2D eigenvalue weighted by Gasteiger charge is -2.23. The fourth-order valence-electron chi connectivity index (χ4n) is 3.36. The number of aromatic hydroxyl groups is 1. The molecule has 140 valence electrons. The van der Waals surface area contributed by atoms with E-state index in [0.717, 1.165) is 33.5 Å². The fourth-order valence-corrected chi connectivity index (χ4v) is 3.36. The van der Waals surface area contributed by atoms with Crippen LogP contribution in [0, 0.1) is 6.92 Å². The maximum Gasteiger partial charge on any atom is 0.147 e. The molecular weight excluding hydrogens is 350 g/mol. The van der Waals surface area contributed by atoms with Gasteiger partial charge in [0.25, 0.3) is 0 Å². The molecule has 0 amide bonds. The molecule has 5 nitrogen and oxygen atoms in total. The lowest BCUT2D eigenvalue weighted by atomic mass is 9.96. The minimum Gasteiger partial charge on any atom is -0.505 e. The van der Waals surface area contributed by atoms with Crippen molar-refractivity contribution in [3.05, 3.63) is 89.9 Å². The quantitative estimate of drug-likeness (QED) is 0.525. The van der Waals surface area contributed by atoms with Gasteiger partial charge in [0.05, 0.1) is 18.8 Å². The van der Waals surface area contributed by atoms with Crippen molar-refractivity contribution in [3.8, 4) is 11.5 Å². The Kier molecular flexibility index (Phi) is 4.81. The van der Waals surface area contributed by atoms with E-state index in [1.807, 2.05) is 61.5 Å². The first kappa shape index (κ1) is 17.8. The normalized spacial score (nSPS) is 11.9. The van der Waals surface area contributed by atoms with Crippen molar-refractivity contribution < 1.29 is 9.84 Å². The summed E-state index contributed by atoms with van der Waals surface area (Å²) in [5.41, 5.74) is 4.26. The number of methoxy groups -OCH3 is 1. The molecule has 0 fully saturated rings. The van der Waals surface area contributed by atoms with Gasteiger partial charge in [-0.3, -0.25) is 9.97 Å². The second-order valence-corrected chi connectivity index (χ2v) is 6.64. The summed E-state index contributed by atoms with van der Waals surface area (Å²) in [5.74, 6) is 0.905. The summed E-state index contributed by atoms with van der Waals surface area (Å²) in [6.07, 6.45) is 5.17. The minimum atomic E-state index is -0.301. The van der Waals surface area contributed by atoms with Crippen molar-refractivity contribution in [2.24, 2.45) is 0 Å². The molecule has 0 spiro atoms. The molecule has 5 heteroatoms. The maximum atomic E-state index is 11.0. The summed E-state index contributed by atoms with van der Waals surface area (Å²) in [4.78, 5) is 8.48. The third-order valence-electron chi connectivity index (χ3n) is 4.78. The van der Waals surface area contributed by atoms with E-state index >= 15 is 0 Å². The zero-order valence-corrected chi connectivity index (χ0v) is 15.8. The number of hydrogen-bond donors (Lipinski definition) is 2. The molecule has 0 aliphatic carbocycles. The van der Waals surface area contributed by atoms with Gasteiger partial charge >= 0.3 is 0 Å². The third kappa shape index (κ3) is 3.34. The number of nitrogens with one attached hydrogen (secondary N) is 1. The van der Waals surface area contributed by atoms with Gasteiger partial charge in [0.1, 0.15) is 17.0 Å². The predicted octanol–water partition coefficient (Wildman–Crippen LogP) is 4.85. The van der Waals surface area contributed by atoms with Crippen molar-refractivity contribution in [1.82, 2.24) is 9.97 Å². The lowest BCUT2D eigenvalue weighted by Crippen LogP contribution is -2.13. The number of rotatable bonds is 5. The highest BCUT2D eigenvalue weighted by molar-refractivity contribution is 5.86. The first-order chi connectivity index (χ1) is 13.7. The highest BCUT2D eigenvalue weighted by atomic mass is 16.5. The number of aromatic nitrogens is 2. The lowest BCUT2D eigenvalue weighted by molar-refractivity contribution is 0.416. The Balaban J connectivity index is 1.86. The van der Waals surface area contributed by atoms with Gasteiger partial charge in [0, 0.05) is 29.5 Å². The summed E-state index contributed by atoms with van der Waals surface area (Å²) < 4.78 is 5.52. The summed E-state index contributed by atoms with van der Waals surface area (Å²) in [7, 11) is 1.65. The molecule has 4 aromatic rings. The zero-order chi connectivity index (χ0) is 19.5. The SMILES string of the molecule is COc1ccc(C)cc1NC(c1ccncc1)c1ccc2cccnc2c1O. The molecule has 4 rings (SSSR count). The maximum absolute atomic E-state index is 11.0. The molecule has 2 N–H and O–H groups in total. The highest BCUT2D eigenvalue weighted by Crippen LogP contribution is 2.38. The van der Waals surface area contributed by atoms with Gasteiger partial charge in [-0.2, -0.15) is 0 Å². The molecule has 2 aromatic heterocycles. The van der Waals surface area contributed by atoms with E-state index in [1.54, 1.807) is 25.7 Å². The van der Waals surface area contributed by atoms with E-state index in [4.69, 9.17) is 4.74 Å². The van der Waals surface area contributed by atoms with Crippen LogP contribution in [0.15, 0.2) is 73.2 Å². The van der Waals surface area contributed by atoms with E-state index in [1.165, 1.54) is 0 Å². The molecule has 2 aromatic carbocycles. The van der Waals surface area contributed by atoms with Crippen molar-refractivity contribution in [2.75, 3.05) is 12.4 Å². The number of aryl methyl sites for hydroxylation is 1. The second-order valence-electron chi connectivity index (χ2n) is 6.64. The van der Waals surface area contributed by atoms with Crippen LogP contribution in [0.25, 0.3) is 10.9 Å². The highest BCUT2D eigenvalue weighted by Gasteiger charge is 2.21. The smallest absolute Gasteiger partial charge is 0.147 e. The molecule has 2 heterocycles. The monoisotopic (exact) mass is 371 g/mol. The van der Waals surface area contributed by atoms with Crippen molar-refractivity contribution in [3.63, 3.8) is 0 Å². The van der Waals surface area contributed by atoms with Crippen LogP contribution >= 0.6 is 0 Å². The van der Waals surface area contributed by atoms with Gasteiger partial charge < -0.3 is 15.2 Å². The number of nitrogens with zero attached hydrogens (tertiary/aromatic N) is 2. The largest absolute Gasteiger partial charge is 0.505 e.